The second kappa shape index (κ2) is 4.48. The highest BCUT2D eigenvalue weighted by Gasteiger charge is 2.60. The van der Waals surface area contributed by atoms with Crippen LogP contribution in [-0.2, 0) is 0 Å². The van der Waals surface area contributed by atoms with E-state index in [-0.39, 0.29) is 28.9 Å². The Bertz CT molecular complexity index is 279. The van der Waals surface area contributed by atoms with E-state index in [9.17, 15) is 4.79 Å². The van der Waals surface area contributed by atoms with Gasteiger partial charge in [0.05, 0.1) is 0 Å². The zero-order valence-corrected chi connectivity index (χ0v) is 12.0. The quantitative estimate of drug-likeness (QED) is 0.791. The van der Waals surface area contributed by atoms with E-state index >= 15 is 0 Å². The van der Waals surface area contributed by atoms with Crippen LogP contribution < -0.4 is 11.1 Å². The summed E-state index contributed by atoms with van der Waals surface area (Å²) in [5.74, 6) is 0. The van der Waals surface area contributed by atoms with Crippen LogP contribution in [0.3, 0.4) is 0 Å². The van der Waals surface area contributed by atoms with Crippen LogP contribution in [0.4, 0.5) is 4.79 Å². The van der Waals surface area contributed by atoms with E-state index in [1.54, 1.807) is 4.90 Å². The van der Waals surface area contributed by atoms with Gasteiger partial charge in [0.2, 0.25) is 0 Å². The number of hydrogen-bond donors (Lipinski definition) is 2. The Balaban J connectivity index is 2.72. The fourth-order valence-corrected chi connectivity index (χ4v) is 3.28. The number of carbonyl (C=O) groups excluding carboxylic acids is 1. The topological polar surface area (TPSA) is 58.4 Å². The van der Waals surface area contributed by atoms with Crippen molar-refractivity contribution in [3.63, 3.8) is 0 Å². The molecule has 0 bridgehead atoms. The second-order valence-corrected chi connectivity index (χ2v) is 6.18. The van der Waals surface area contributed by atoms with Crippen molar-refractivity contribution in [3.8, 4) is 0 Å². The average Bonchev–Trinajstić information content (AvgIpc) is 2.26. The molecule has 0 aromatic rings. The second-order valence-electron chi connectivity index (χ2n) is 6.18. The van der Waals surface area contributed by atoms with E-state index < -0.39 is 0 Å². The fraction of sp³-hybridized carbons (Fsp3) is 0.923. The summed E-state index contributed by atoms with van der Waals surface area (Å²) in [7, 11) is 0. The first kappa shape index (κ1) is 14.3. The molecule has 100 valence electrons. The van der Waals surface area contributed by atoms with Crippen LogP contribution in [-0.4, -0.2) is 36.1 Å². The van der Waals surface area contributed by atoms with Gasteiger partial charge in [0, 0.05) is 36.0 Å². The fourth-order valence-electron chi connectivity index (χ4n) is 3.28. The zero-order valence-electron chi connectivity index (χ0n) is 12.0. The molecule has 4 heteroatoms. The predicted molar refractivity (Wildman–Crippen MR) is 70.8 cm³/mol. The van der Waals surface area contributed by atoms with Crippen molar-refractivity contribution in [2.45, 2.75) is 53.6 Å². The van der Waals surface area contributed by atoms with Gasteiger partial charge in [-0.05, 0) is 13.8 Å². The molecule has 2 amide bonds. The van der Waals surface area contributed by atoms with Crippen molar-refractivity contribution >= 4 is 6.03 Å². The molecular weight excluding hydrogens is 214 g/mol. The highest BCUT2D eigenvalue weighted by Crippen LogP contribution is 2.52. The molecule has 4 nitrogen and oxygen atoms in total. The molecule has 1 saturated carbocycles. The van der Waals surface area contributed by atoms with Crippen LogP contribution in [0, 0.1) is 10.8 Å². The summed E-state index contributed by atoms with van der Waals surface area (Å²) in [5.41, 5.74) is 6.11. The Morgan fingerprint density at radius 3 is 1.94 bits per heavy atom. The molecule has 0 radical (unpaired) electrons. The molecule has 1 fully saturated rings. The van der Waals surface area contributed by atoms with Crippen molar-refractivity contribution in [1.29, 1.82) is 0 Å². The molecule has 0 aliphatic heterocycles. The molecule has 1 aliphatic rings. The van der Waals surface area contributed by atoms with E-state index in [2.05, 4.69) is 33.0 Å². The largest absolute Gasteiger partial charge is 0.334 e. The molecular formula is C13H27N3O. The van der Waals surface area contributed by atoms with Crippen LogP contribution >= 0.6 is 0 Å². The molecule has 0 spiro atoms. The third-order valence-electron chi connectivity index (χ3n) is 4.41. The van der Waals surface area contributed by atoms with Gasteiger partial charge in [0.1, 0.15) is 0 Å². The molecule has 3 N–H and O–H groups in total. The Labute approximate surface area is 105 Å². The Hall–Kier alpha value is -0.770. The van der Waals surface area contributed by atoms with Crippen molar-refractivity contribution < 1.29 is 4.79 Å². The number of amides is 2. The minimum absolute atomic E-state index is 0.0213. The highest BCUT2D eigenvalue weighted by atomic mass is 16.2. The molecule has 1 aliphatic carbocycles. The van der Waals surface area contributed by atoms with Crippen LogP contribution in [0.25, 0.3) is 0 Å². The molecule has 0 aromatic heterocycles. The average molecular weight is 241 g/mol. The van der Waals surface area contributed by atoms with Gasteiger partial charge in [0.25, 0.3) is 0 Å². The van der Waals surface area contributed by atoms with Crippen molar-refractivity contribution in [2.24, 2.45) is 16.6 Å². The summed E-state index contributed by atoms with van der Waals surface area (Å²) < 4.78 is 0. The first-order chi connectivity index (χ1) is 7.69. The van der Waals surface area contributed by atoms with E-state index in [4.69, 9.17) is 5.73 Å². The lowest BCUT2D eigenvalue weighted by atomic mass is 9.48. The number of nitrogens with two attached hydrogens (primary N) is 1. The first-order valence-electron chi connectivity index (χ1n) is 6.50. The van der Waals surface area contributed by atoms with Crippen molar-refractivity contribution in [2.75, 3.05) is 13.1 Å². The number of nitrogens with zero attached hydrogens (tertiary/aromatic N) is 1. The lowest BCUT2D eigenvalue weighted by Gasteiger charge is -2.63. The maximum absolute atomic E-state index is 12.1. The molecule has 0 unspecified atom stereocenters. The SMILES string of the molecule is CCN(CC)C(=O)NC1C(C)(C)C(N)C1(C)C. The smallest absolute Gasteiger partial charge is 0.317 e. The monoisotopic (exact) mass is 241 g/mol. The summed E-state index contributed by atoms with van der Waals surface area (Å²) >= 11 is 0. The normalized spacial score (nSPS) is 29.4. The number of hydrogen-bond acceptors (Lipinski definition) is 2. The first-order valence-corrected chi connectivity index (χ1v) is 6.50. The predicted octanol–water partition coefficient (Wildman–Crippen LogP) is 1.80. The number of rotatable bonds is 3. The summed E-state index contributed by atoms with van der Waals surface area (Å²) in [5, 5.41) is 3.14. The van der Waals surface area contributed by atoms with E-state index in [1.807, 2.05) is 13.8 Å². The van der Waals surface area contributed by atoms with Gasteiger partial charge in [-0.2, -0.15) is 0 Å². The van der Waals surface area contributed by atoms with Crippen LogP contribution in [0.2, 0.25) is 0 Å². The minimum Gasteiger partial charge on any atom is -0.334 e. The van der Waals surface area contributed by atoms with Gasteiger partial charge < -0.3 is 16.0 Å². The molecule has 0 aromatic carbocycles. The molecule has 0 saturated heterocycles. The van der Waals surface area contributed by atoms with Gasteiger partial charge in [-0.15, -0.1) is 0 Å². The Morgan fingerprint density at radius 2 is 1.59 bits per heavy atom. The Kier molecular flexibility index (Phi) is 3.77. The highest BCUT2D eigenvalue weighted by molar-refractivity contribution is 5.75. The van der Waals surface area contributed by atoms with E-state index in [1.165, 1.54) is 0 Å². The number of carbonyl (C=O) groups is 1. The van der Waals surface area contributed by atoms with Gasteiger partial charge in [0.15, 0.2) is 0 Å². The maximum atomic E-state index is 12.1. The maximum Gasteiger partial charge on any atom is 0.317 e. The van der Waals surface area contributed by atoms with Crippen molar-refractivity contribution in [1.82, 2.24) is 10.2 Å². The van der Waals surface area contributed by atoms with Gasteiger partial charge in [-0.3, -0.25) is 0 Å². The third-order valence-corrected chi connectivity index (χ3v) is 4.41. The van der Waals surface area contributed by atoms with Crippen LogP contribution in [0.1, 0.15) is 41.5 Å². The molecule has 0 atom stereocenters. The zero-order chi connectivity index (χ0) is 13.4. The van der Waals surface area contributed by atoms with Gasteiger partial charge in [-0.1, -0.05) is 27.7 Å². The van der Waals surface area contributed by atoms with Gasteiger partial charge in [-0.25, -0.2) is 4.79 Å². The molecule has 0 heterocycles. The molecule has 1 rings (SSSR count). The Morgan fingerprint density at radius 1 is 1.18 bits per heavy atom. The number of nitrogens with one attached hydrogen (secondary N) is 1. The van der Waals surface area contributed by atoms with E-state index in [0.717, 1.165) is 13.1 Å². The summed E-state index contributed by atoms with van der Waals surface area (Å²) in [6.45, 7) is 13.9. The summed E-state index contributed by atoms with van der Waals surface area (Å²) in [4.78, 5) is 13.9. The minimum atomic E-state index is -0.0354. The number of urea groups is 1. The lowest BCUT2D eigenvalue weighted by molar-refractivity contribution is -0.0661. The summed E-state index contributed by atoms with van der Waals surface area (Å²) in [6.07, 6.45) is 0. The lowest BCUT2D eigenvalue weighted by Crippen LogP contribution is -2.76. The standard InChI is InChI=1S/C13H27N3O/c1-7-16(8-2)11(17)15-10-12(3,4)9(14)13(10,5)6/h9-10H,7-8,14H2,1-6H3,(H,15,17). The van der Waals surface area contributed by atoms with E-state index in [0.29, 0.717) is 0 Å². The van der Waals surface area contributed by atoms with Gasteiger partial charge >= 0.3 is 6.03 Å². The summed E-state index contributed by atoms with van der Waals surface area (Å²) in [6, 6.07) is 0.281. The third kappa shape index (κ3) is 2.15. The van der Waals surface area contributed by atoms with Crippen molar-refractivity contribution in [3.05, 3.63) is 0 Å². The molecule has 17 heavy (non-hydrogen) atoms. The van der Waals surface area contributed by atoms with Crippen LogP contribution in [0.15, 0.2) is 0 Å². The van der Waals surface area contributed by atoms with Crippen LogP contribution in [0.5, 0.6) is 0 Å².